The number of halogens is 1. The Morgan fingerprint density at radius 2 is 1.40 bits per heavy atom. The van der Waals surface area contributed by atoms with Crippen LogP contribution in [-0.4, -0.2) is 11.8 Å². The molecular formula is C16H16BrNO2. The van der Waals surface area contributed by atoms with E-state index in [2.05, 4.69) is 29.8 Å². The Bertz CT molecular complexity index is 586. The Morgan fingerprint density at radius 1 is 0.950 bits per heavy atom. The Morgan fingerprint density at radius 3 is 1.85 bits per heavy atom. The molecule has 3 rings (SSSR count). The van der Waals surface area contributed by atoms with Gasteiger partial charge in [-0.2, -0.15) is 0 Å². The minimum Gasteiger partial charge on any atom is -0.274 e. The lowest BCUT2D eigenvalue weighted by molar-refractivity contribution is -0.122. The Labute approximate surface area is 126 Å². The number of anilines is 1. The lowest BCUT2D eigenvalue weighted by atomic mass is 9.78. The summed E-state index contributed by atoms with van der Waals surface area (Å²) in [7, 11) is 0. The fraction of sp³-hybridized carbons (Fsp3) is 0.375. The predicted octanol–water partition coefficient (Wildman–Crippen LogP) is 3.68. The van der Waals surface area contributed by atoms with Crippen LogP contribution in [0.4, 0.5) is 5.69 Å². The normalized spacial score (nSPS) is 26.2. The summed E-state index contributed by atoms with van der Waals surface area (Å²) in [4.78, 5) is 26.5. The zero-order chi connectivity index (χ0) is 14.4. The summed E-state index contributed by atoms with van der Waals surface area (Å²) in [5, 5.41) is 0. The summed E-state index contributed by atoms with van der Waals surface area (Å²) in [5.74, 6) is -0.437. The number of amides is 2. The molecule has 0 N–H and O–H groups in total. The maximum atomic E-state index is 12.6. The molecular weight excluding hydrogens is 318 g/mol. The zero-order valence-corrected chi connectivity index (χ0v) is 13.1. The van der Waals surface area contributed by atoms with Gasteiger partial charge in [-0.3, -0.25) is 14.5 Å². The molecule has 0 aromatic heterocycles. The van der Waals surface area contributed by atoms with Gasteiger partial charge < -0.3 is 0 Å². The first-order valence-corrected chi connectivity index (χ1v) is 7.57. The molecule has 2 amide bonds. The van der Waals surface area contributed by atoms with E-state index in [9.17, 15) is 9.59 Å². The average Bonchev–Trinajstić information content (AvgIpc) is 2.65. The van der Waals surface area contributed by atoms with Gasteiger partial charge in [0.2, 0.25) is 11.8 Å². The van der Waals surface area contributed by atoms with Gasteiger partial charge in [0.1, 0.15) is 0 Å². The van der Waals surface area contributed by atoms with E-state index in [4.69, 9.17) is 0 Å². The zero-order valence-electron chi connectivity index (χ0n) is 11.5. The highest BCUT2D eigenvalue weighted by Gasteiger charge is 2.49. The number of carbonyl (C=O) groups is 2. The predicted molar refractivity (Wildman–Crippen MR) is 81.2 cm³/mol. The number of imide groups is 1. The van der Waals surface area contributed by atoms with E-state index in [0.29, 0.717) is 18.5 Å². The van der Waals surface area contributed by atoms with Crippen LogP contribution in [0.3, 0.4) is 0 Å². The van der Waals surface area contributed by atoms with E-state index in [-0.39, 0.29) is 23.7 Å². The van der Waals surface area contributed by atoms with Gasteiger partial charge in [0, 0.05) is 4.47 Å². The number of allylic oxidation sites excluding steroid dienone is 2. The quantitative estimate of drug-likeness (QED) is 0.580. The Balaban J connectivity index is 1.95. The van der Waals surface area contributed by atoms with E-state index >= 15 is 0 Å². The summed E-state index contributed by atoms with van der Waals surface area (Å²) in [5.41, 5.74) is 3.18. The topological polar surface area (TPSA) is 37.4 Å². The fourth-order valence-corrected chi connectivity index (χ4v) is 3.36. The van der Waals surface area contributed by atoms with E-state index in [1.165, 1.54) is 16.0 Å². The lowest BCUT2D eigenvalue weighted by Crippen LogP contribution is -2.30. The number of carbonyl (C=O) groups excluding carboxylic acids is 2. The van der Waals surface area contributed by atoms with Crippen molar-refractivity contribution in [1.82, 2.24) is 0 Å². The fourth-order valence-electron chi connectivity index (χ4n) is 3.10. The van der Waals surface area contributed by atoms with Gasteiger partial charge in [0.15, 0.2) is 0 Å². The highest BCUT2D eigenvalue weighted by molar-refractivity contribution is 9.10. The maximum absolute atomic E-state index is 12.6. The van der Waals surface area contributed by atoms with Crippen LogP contribution in [0.25, 0.3) is 0 Å². The second kappa shape index (κ2) is 4.85. The number of fused-ring (bicyclic) bond motifs is 1. The highest BCUT2D eigenvalue weighted by atomic mass is 79.9. The molecule has 4 heteroatoms. The Kier molecular flexibility index (Phi) is 3.28. The van der Waals surface area contributed by atoms with Gasteiger partial charge >= 0.3 is 0 Å². The largest absolute Gasteiger partial charge is 0.274 e. The van der Waals surface area contributed by atoms with Gasteiger partial charge in [0.05, 0.1) is 17.5 Å². The average molecular weight is 334 g/mol. The lowest BCUT2D eigenvalue weighted by Gasteiger charge is -2.23. The molecule has 0 unspecified atom stereocenters. The number of hydrogen-bond acceptors (Lipinski definition) is 2. The molecule has 2 atom stereocenters. The molecule has 20 heavy (non-hydrogen) atoms. The van der Waals surface area contributed by atoms with Crippen LogP contribution in [0, 0.1) is 11.8 Å². The second-order valence-corrected chi connectivity index (χ2v) is 6.59. The van der Waals surface area contributed by atoms with Crippen molar-refractivity contribution in [3.8, 4) is 0 Å². The van der Waals surface area contributed by atoms with E-state index < -0.39 is 0 Å². The molecule has 0 spiro atoms. The monoisotopic (exact) mass is 333 g/mol. The molecule has 1 aromatic carbocycles. The van der Waals surface area contributed by atoms with Crippen LogP contribution in [0.5, 0.6) is 0 Å². The van der Waals surface area contributed by atoms with Crippen molar-refractivity contribution in [2.24, 2.45) is 11.8 Å². The molecule has 1 heterocycles. The summed E-state index contributed by atoms with van der Waals surface area (Å²) < 4.78 is 0.936. The third-order valence-electron chi connectivity index (χ3n) is 4.43. The summed E-state index contributed by atoms with van der Waals surface area (Å²) in [6, 6.07) is 7.33. The van der Waals surface area contributed by atoms with Gasteiger partial charge in [-0.05, 0) is 51.0 Å². The first-order chi connectivity index (χ1) is 9.49. The van der Waals surface area contributed by atoms with Crippen molar-refractivity contribution in [2.75, 3.05) is 4.90 Å². The molecule has 1 aromatic rings. The van der Waals surface area contributed by atoms with E-state index in [1.54, 1.807) is 0 Å². The standard InChI is InChI=1S/C16H16BrNO2/c1-9-7-13-14(8-10(9)2)16(20)18(15(13)19)12-5-3-11(17)4-6-12/h3-6,13-14H,7-8H2,1-2H3/t13-,14+. The van der Waals surface area contributed by atoms with Gasteiger partial charge in [0.25, 0.3) is 0 Å². The highest BCUT2D eigenvalue weighted by Crippen LogP contribution is 2.42. The van der Waals surface area contributed by atoms with Gasteiger partial charge in [-0.15, -0.1) is 0 Å². The molecule has 0 saturated carbocycles. The number of rotatable bonds is 1. The molecule has 1 aliphatic carbocycles. The summed E-state index contributed by atoms with van der Waals surface area (Å²) >= 11 is 3.37. The number of hydrogen-bond donors (Lipinski definition) is 0. The molecule has 2 aliphatic rings. The molecule has 1 fully saturated rings. The molecule has 1 saturated heterocycles. The van der Waals surface area contributed by atoms with Crippen molar-refractivity contribution >= 4 is 33.4 Å². The van der Waals surface area contributed by atoms with E-state index in [0.717, 1.165) is 4.47 Å². The van der Waals surface area contributed by atoms with Crippen LogP contribution < -0.4 is 4.90 Å². The first kappa shape index (κ1) is 13.6. The van der Waals surface area contributed by atoms with Crippen molar-refractivity contribution < 1.29 is 9.59 Å². The molecule has 104 valence electrons. The van der Waals surface area contributed by atoms with Gasteiger partial charge in [-0.1, -0.05) is 27.1 Å². The smallest absolute Gasteiger partial charge is 0.238 e. The van der Waals surface area contributed by atoms with Crippen LogP contribution in [0.15, 0.2) is 39.9 Å². The maximum Gasteiger partial charge on any atom is 0.238 e. The minimum absolute atomic E-state index is 0.0471. The summed E-state index contributed by atoms with van der Waals surface area (Å²) in [6.07, 6.45) is 1.43. The number of nitrogens with zero attached hydrogens (tertiary/aromatic N) is 1. The molecule has 1 aliphatic heterocycles. The van der Waals surface area contributed by atoms with Crippen molar-refractivity contribution in [1.29, 1.82) is 0 Å². The van der Waals surface area contributed by atoms with Crippen LogP contribution in [0.2, 0.25) is 0 Å². The third kappa shape index (κ3) is 2.03. The molecule has 0 radical (unpaired) electrons. The minimum atomic E-state index is -0.171. The van der Waals surface area contributed by atoms with Gasteiger partial charge in [-0.25, -0.2) is 0 Å². The molecule has 0 bridgehead atoms. The van der Waals surface area contributed by atoms with Crippen molar-refractivity contribution in [3.63, 3.8) is 0 Å². The summed E-state index contributed by atoms with van der Waals surface area (Å²) in [6.45, 7) is 4.12. The first-order valence-electron chi connectivity index (χ1n) is 6.77. The van der Waals surface area contributed by atoms with Crippen LogP contribution in [-0.2, 0) is 9.59 Å². The van der Waals surface area contributed by atoms with Crippen molar-refractivity contribution in [2.45, 2.75) is 26.7 Å². The number of benzene rings is 1. The second-order valence-electron chi connectivity index (χ2n) is 5.67. The van der Waals surface area contributed by atoms with Crippen molar-refractivity contribution in [3.05, 3.63) is 39.9 Å². The van der Waals surface area contributed by atoms with E-state index in [1.807, 2.05) is 24.3 Å². The SMILES string of the molecule is CC1=C(C)C[C@H]2C(=O)N(c3ccc(Br)cc3)C(=O)[C@H]2C1. The third-order valence-corrected chi connectivity index (χ3v) is 4.96. The Hall–Kier alpha value is -1.42. The van der Waals surface area contributed by atoms with Crippen LogP contribution >= 0.6 is 15.9 Å². The van der Waals surface area contributed by atoms with Crippen LogP contribution in [0.1, 0.15) is 26.7 Å². The molecule has 3 nitrogen and oxygen atoms in total.